The van der Waals surface area contributed by atoms with E-state index in [1.54, 1.807) is 0 Å². The Labute approximate surface area is 137 Å². The van der Waals surface area contributed by atoms with Crippen LogP contribution in [0.3, 0.4) is 0 Å². The number of methoxy groups -OCH3 is 3. The highest BCUT2D eigenvalue weighted by Gasteiger charge is 2.16. The van der Waals surface area contributed by atoms with Gasteiger partial charge in [0.1, 0.15) is 10.7 Å². The Hall–Kier alpha value is -3.29. The Morgan fingerprint density at radius 2 is 1.75 bits per heavy atom. The summed E-state index contributed by atoms with van der Waals surface area (Å²) in [6, 6.07) is 5.64. The standard InChI is InChI=1S/C16H15NO7/c1-21-13-8-10(9-14(22-2)16(13)23-3)12(18)6-4-11-5-7-15(24-11)17(19)20/h4-9H,1-3H3/b6-4+. The first-order valence-electron chi connectivity index (χ1n) is 6.76. The lowest BCUT2D eigenvalue weighted by molar-refractivity contribution is -0.402. The van der Waals surface area contributed by atoms with Crippen molar-refractivity contribution < 1.29 is 28.3 Å². The summed E-state index contributed by atoms with van der Waals surface area (Å²) in [4.78, 5) is 22.2. The van der Waals surface area contributed by atoms with Crippen molar-refractivity contribution in [2.75, 3.05) is 21.3 Å². The normalized spacial score (nSPS) is 10.6. The molecule has 0 bridgehead atoms. The molecule has 0 saturated carbocycles. The summed E-state index contributed by atoms with van der Waals surface area (Å²) in [5, 5.41) is 10.6. The molecule has 1 aromatic heterocycles. The van der Waals surface area contributed by atoms with E-state index in [4.69, 9.17) is 18.6 Å². The molecule has 8 nitrogen and oxygen atoms in total. The van der Waals surface area contributed by atoms with Gasteiger partial charge in [0.05, 0.1) is 27.4 Å². The monoisotopic (exact) mass is 333 g/mol. The largest absolute Gasteiger partial charge is 0.493 e. The summed E-state index contributed by atoms with van der Waals surface area (Å²) in [7, 11) is 4.36. The molecule has 1 heterocycles. The molecule has 8 heteroatoms. The Balaban J connectivity index is 2.28. The molecule has 0 radical (unpaired) electrons. The maximum atomic E-state index is 12.3. The van der Waals surface area contributed by atoms with Crippen LogP contribution in [-0.4, -0.2) is 32.0 Å². The Morgan fingerprint density at radius 3 is 2.21 bits per heavy atom. The maximum Gasteiger partial charge on any atom is 0.433 e. The second kappa shape index (κ2) is 7.32. The molecular formula is C16H15NO7. The fourth-order valence-electron chi connectivity index (χ4n) is 2.01. The van der Waals surface area contributed by atoms with E-state index >= 15 is 0 Å². The number of hydrogen-bond acceptors (Lipinski definition) is 7. The van der Waals surface area contributed by atoms with Crippen LogP contribution in [0.2, 0.25) is 0 Å². The molecule has 0 N–H and O–H groups in total. The molecule has 0 spiro atoms. The zero-order valence-corrected chi connectivity index (χ0v) is 13.3. The number of ketones is 1. The van der Waals surface area contributed by atoms with E-state index in [0.29, 0.717) is 22.8 Å². The van der Waals surface area contributed by atoms with Crippen LogP contribution in [0.25, 0.3) is 6.08 Å². The van der Waals surface area contributed by atoms with E-state index in [1.165, 1.54) is 57.7 Å². The predicted octanol–water partition coefficient (Wildman–Crippen LogP) is 3.11. The van der Waals surface area contributed by atoms with E-state index < -0.39 is 10.8 Å². The molecule has 0 saturated heterocycles. The van der Waals surface area contributed by atoms with Gasteiger partial charge in [-0.05, 0) is 30.4 Å². The zero-order chi connectivity index (χ0) is 17.7. The first kappa shape index (κ1) is 17.1. The van der Waals surface area contributed by atoms with Gasteiger partial charge in [0.15, 0.2) is 17.3 Å². The van der Waals surface area contributed by atoms with Gasteiger partial charge in [0.25, 0.3) is 0 Å². The molecule has 0 unspecified atom stereocenters. The fourth-order valence-corrected chi connectivity index (χ4v) is 2.01. The molecule has 0 aliphatic rings. The topological polar surface area (TPSA) is 101 Å². The minimum Gasteiger partial charge on any atom is -0.493 e. The highest BCUT2D eigenvalue weighted by Crippen LogP contribution is 2.38. The van der Waals surface area contributed by atoms with Gasteiger partial charge in [-0.25, -0.2) is 0 Å². The predicted molar refractivity (Wildman–Crippen MR) is 84.8 cm³/mol. The lowest BCUT2D eigenvalue weighted by atomic mass is 10.1. The number of nitrogens with zero attached hydrogens (tertiary/aromatic N) is 1. The van der Waals surface area contributed by atoms with Crippen LogP contribution in [0.4, 0.5) is 5.88 Å². The number of carbonyl (C=O) groups excluding carboxylic acids is 1. The average molecular weight is 333 g/mol. The van der Waals surface area contributed by atoms with Gasteiger partial charge in [-0.3, -0.25) is 14.9 Å². The second-order valence-corrected chi connectivity index (χ2v) is 4.54. The Kier molecular flexibility index (Phi) is 5.20. The van der Waals surface area contributed by atoms with Crippen molar-refractivity contribution in [3.8, 4) is 17.2 Å². The van der Waals surface area contributed by atoms with Crippen LogP contribution in [0.1, 0.15) is 16.1 Å². The molecule has 2 rings (SSSR count). The Bertz CT molecular complexity index is 766. The van der Waals surface area contributed by atoms with E-state index in [-0.39, 0.29) is 11.5 Å². The lowest BCUT2D eigenvalue weighted by Gasteiger charge is -2.13. The minimum absolute atomic E-state index is 0.197. The summed E-state index contributed by atoms with van der Waals surface area (Å²) in [6.45, 7) is 0. The highest BCUT2D eigenvalue weighted by atomic mass is 16.6. The molecule has 0 aliphatic heterocycles. The maximum absolute atomic E-state index is 12.3. The van der Waals surface area contributed by atoms with Crippen molar-refractivity contribution in [2.24, 2.45) is 0 Å². The summed E-state index contributed by atoms with van der Waals surface area (Å²) < 4.78 is 20.5. The van der Waals surface area contributed by atoms with E-state index in [2.05, 4.69) is 0 Å². The van der Waals surface area contributed by atoms with Gasteiger partial charge >= 0.3 is 5.88 Å². The molecule has 0 fully saturated rings. The summed E-state index contributed by atoms with van der Waals surface area (Å²) in [5.74, 6) is 0.525. The number of benzene rings is 1. The van der Waals surface area contributed by atoms with Crippen molar-refractivity contribution in [1.29, 1.82) is 0 Å². The van der Waals surface area contributed by atoms with Crippen molar-refractivity contribution in [3.05, 3.63) is 51.8 Å². The first-order valence-corrected chi connectivity index (χ1v) is 6.76. The smallest absolute Gasteiger partial charge is 0.433 e. The number of furan rings is 1. The summed E-state index contributed by atoms with van der Waals surface area (Å²) >= 11 is 0. The minimum atomic E-state index is -0.654. The first-order chi connectivity index (χ1) is 11.5. The van der Waals surface area contributed by atoms with E-state index in [9.17, 15) is 14.9 Å². The molecule has 0 aliphatic carbocycles. The van der Waals surface area contributed by atoms with E-state index in [0.717, 1.165) is 0 Å². The lowest BCUT2D eigenvalue weighted by Crippen LogP contribution is -2.00. The second-order valence-electron chi connectivity index (χ2n) is 4.54. The molecular weight excluding hydrogens is 318 g/mol. The van der Waals surface area contributed by atoms with Crippen LogP contribution in [0.15, 0.2) is 34.8 Å². The fraction of sp³-hybridized carbons (Fsp3) is 0.188. The quantitative estimate of drug-likeness (QED) is 0.332. The molecule has 24 heavy (non-hydrogen) atoms. The molecule has 0 atom stereocenters. The van der Waals surface area contributed by atoms with E-state index in [1.807, 2.05) is 0 Å². The van der Waals surface area contributed by atoms with Crippen LogP contribution < -0.4 is 14.2 Å². The zero-order valence-electron chi connectivity index (χ0n) is 13.3. The van der Waals surface area contributed by atoms with Crippen molar-refractivity contribution in [3.63, 3.8) is 0 Å². The molecule has 126 valence electrons. The van der Waals surface area contributed by atoms with Gasteiger partial charge < -0.3 is 18.6 Å². The number of rotatable bonds is 7. The average Bonchev–Trinajstić information content (AvgIpc) is 3.07. The van der Waals surface area contributed by atoms with Crippen LogP contribution in [0, 0.1) is 10.1 Å². The third-order valence-electron chi connectivity index (χ3n) is 3.14. The SMILES string of the molecule is COc1cc(C(=O)/C=C/c2ccc([N+](=O)[O-])o2)cc(OC)c1OC. The van der Waals surface area contributed by atoms with Crippen LogP contribution >= 0.6 is 0 Å². The van der Waals surface area contributed by atoms with Gasteiger partial charge in [-0.1, -0.05) is 0 Å². The number of allylic oxidation sites excluding steroid dienone is 1. The number of carbonyl (C=O) groups is 1. The van der Waals surface area contributed by atoms with Gasteiger partial charge in [-0.15, -0.1) is 0 Å². The highest BCUT2D eigenvalue weighted by molar-refractivity contribution is 6.07. The third-order valence-corrected chi connectivity index (χ3v) is 3.14. The molecule has 2 aromatic rings. The van der Waals surface area contributed by atoms with Gasteiger partial charge in [-0.2, -0.15) is 0 Å². The molecule has 0 amide bonds. The third kappa shape index (κ3) is 3.54. The number of hydrogen-bond donors (Lipinski definition) is 0. The summed E-state index contributed by atoms with van der Waals surface area (Å²) in [5.41, 5.74) is 0.307. The molecule has 1 aromatic carbocycles. The van der Waals surface area contributed by atoms with Crippen LogP contribution in [0.5, 0.6) is 17.2 Å². The van der Waals surface area contributed by atoms with Gasteiger partial charge in [0, 0.05) is 5.56 Å². The van der Waals surface area contributed by atoms with Crippen LogP contribution in [-0.2, 0) is 0 Å². The van der Waals surface area contributed by atoms with Crippen molar-refractivity contribution >= 4 is 17.7 Å². The van der Waals surface area contributed by atoms with Crippen molar-refractivity contribution in [2.45, 2.75) is 0 Å². The summed E-state index contributed by atoms with van der Waals surface area (Å²) in [6.07, 6.45) is 2.59. The Morgan fingerprint density at radius 1 is 1.12 bits per heavy atom. The number of ether oxygens (including phenoxy) is 3. The van der Waals surface area contributed by atoms with Gasteiger partial charge in [0.2, 0.25) is 5.75 Å². The number of nitro groups is 1. The van der Waals surface area contributed by atoms with Crippen molar-refractivity contribution in [1.82, 2.24) is 0 Å².